The second-order valence-corrected chi connectivity index (χ2v) is 5.77. The second kappa shape index (κ2) is 7.65. The molecule has 0 aliphatic heterocycles. The van der Waals surface area contributed by atoms with Crippen LogP contribution >= 0.6 is 0 Å². The summed E-state index contributed by atoms with van der Waals surface area (Å²) in [6.45, 7) is 2.53. The average Bonchev–Trinajstić information content (AvgIpc) is 3.09. The van der Waals surface area contributed by atoms with Gasteiger partial charge < -0.3 is 5.32 Å². The quantitative estimate of drug-likeness (QED) is 0.748. The molecule has 0 spiro atoms. The Labute approximate surface area is 144 Å². The van der Waals surface area contributed by atoms with Gasteiger partial charge in [-0.05, 0) is 28.8 Å². The molecule has 0 saturated heterocycles. The van der Waals surface area contributed by atoms with Crippen molar-refractivity contribution in [3.05, 3.63) is 66.0 Å². The molecule has 1 amide bonds. The van der Waals surface area contributed by atoms with E-state index >= 15 is 0 Å². The van der Waals surface area contributed by atoms with Gasteiger partial charge in [0.05, 0.1) is 0 Å². The fourth-order valence-electron chi connectivity index (χ4n) is 2.40. The van der Waals surface area contributed by atoms with E-state index in [1.165, 1.54) is 16.9 Å². The van der Waals surface area contributed by atoms with Crippen LogP contribution in [-0.2, 0) is 11.3 Å². The van der Waals surface area contributed by atoms with E-state index in [1.807, 2.05) is 37.3 Å². The van der Waals surface area contributed by atoms with Crippen molar-refractivity contribution in [3.63, 3.8) is 0 Å². The van der Waals surface area contributed by atoms with Crippen molar-refractivity contribution < 1.29 is 9.18 Å². The minimum Gasteiger partial charge on any atom is -0.354 e. The van der Waals surface area contributed by atoms with Crippen molar-refractivity contribution in [2.45, 2.75) is 19.4 Å². The third kappa shape index (κ3) is 4.47. The first kappa shape index (κ1) is 16.8. The predicted octanol–water partition coefficient (Wildman–Crippen LogP) is 2.40. The Hall–Kier alpha value is -3.09. The van der Waals surface area contributed by atoms with Crippen LogP contribution in [0.3, 0.4) is 0 Å². The van der Waals surface area contributed by atoms with Crippen LogP contribution in [0.1, 0.15) is 18.4 Å². The normalized spacial score (nSPS) is 11.9. The highest BCUT2D eigenvalue weighted by molar-refractivity contribution is 5.75. The van der Waals surface area contributed by atoms with Crippen molar-refractivity contribution in [2.24, 2.45) is 0 Å². The molecule has 3 aromatic rings. The number of halogens is 1. The van der Waals surface area contributed by atoms with Crippen LogP contribution < -0.4 is 5.32 Å². The molecule has 0 aliphatic rings. The van der Waals surface area contributed by atoms with Crippen LogP contribution in [0.25, 0.3) is 11.4 Å². The minimum absolute atomic E-state index is 0.0379. The van der Waals surface area contributed by atoms with E-state index in [4.69, 9.17) is 0 Å². The van der Waals surface area contributed by atoms with Gasteiger partial charge in [-0.3, -0.25) is 4.79 Å². The van der Waals surface area contributed by atoms with E-state index in [-0.39, 0.29) is 30.0 Å². The maximum atomic E-state index is 13.2. The van der Waals surface area contributed by atoms with Gasteiger partial charge in [0.1, 0.15) is 12.4 Å². The molecule has 3 rings (SSSR count). The van der Waals surface area contributed by atoms with Gasteiger partial charge in [-0.25, -0.2) is 4.39 Å². The zero-order valence-corrected chi connectivity index (χ0v) is 13.8. The summed E-state index contributed by atoms with van der Waals surface area (Å²) in [4.78, 5) is 13.2. The summed E-state index contributed by atoms with van der Waals surface area (Å²) in [5.41, 5.74) is 1.68. The first-order chi connectivity index (χ1) is 12.1. The molecule has 1 atom stereocenters. The van der Waals surface area contributed by atoms with Crippen molar-refractivity contribution in [2.75, 3.05) is 6.54 Å². The van der Waals surface area contributed by atoms with Gasteiger partial charge in [0.15, 0.2) is 0 Å². The van der Waals surface area contributed by atoms with Crippen LogP contribution in [0, 0.1) is 5.82 Å². The maximum absolute atomic E-state index is 13.2. The van der Waals surface area contributed by atoms with Gasteiger partial charge in [0.2, 0.25) is 11.7 Å². The van der Waals surface area contributed by atoms with Gasteiger partial charge in [-0.15, -0.1) is 10.2 Å². The van der Waals surface area contributed by atoms with E-state index in [9.17, 15) is 9.18 Å². The third-order valence-corrected chi connectivity index (χ3v) is 3.79. The molecule has 7 heteroatoms. The molecule has 25 heavy (non-hydrogen) atoms. The molecular formula is C18H18FN5O. The van der Waals surface area contributed by atoms with Gasteiger partial charge in [-0.1, -0.05) is 49.4 Å². The molecule has 1 aromatic heterocycles. The number of carbonyl (C=O) groups excluding carboxylic acids is 1. The number of rotatable bonds is 6. The highest BCUT2D eigenvalue weighted by Crippen LogP contribution is 2.14. The molecule has 0 bridgehead atoms. The molecular weight excluding hydrogens is 321 g/mol. The molecule has 1 N–H and O–H groups in total. The minimum atomic E-state index is -0.374. The Balaban J connectivity index is 1.55. The monoisotopic (exact) mass is 339 g/mol. The molecule has 0 saturated carbocycles. The third-order valence-electron chi connectivity index (χ3n) is 3.79. The summed E-state index contributed by atoms with van der Waals surface area (Å²) in [6.07, 6.45) is 0. The number of amides is 1. The van der Waals surface area contributed by atoms with Crippen LogP contribution in [0.4, 0.5) is 4.39 Å². The van der Waals surface area contributed by atoms with E-state index in [0.717, 1.165) is 5.56 Å². The fraction of sp³-hybridized carbons (Fsp3) is 0.222. The lowest BCUT2D eigenvalue weighted by atomic mass is 10.0. The van der Waals surface area contributed by atoms with Crippen LogP contribution in [0.15, 0.2) is 54.6 Å². The van der Waals surface area contributed by atoms with Crippen molar-refractivity contribution >= 4 is 5.91 Å². The summed E-state index contributed by atoms with van der Waals surface area (Å²) in [5.74, 6) is -0.0888. The van der Waals surface area contributed by atoms with E-state index in [0.29, 0.717) is 12.1 Å². The largest absolute Gasteiger partial charge is 0.354 e. The first-order valence-electron chi connectivity index (χ1n) is 7.97. The van der Waals surface area contributed by atoms with Gasteiger partial charge in [0, 0.05) is 12.1 Å². The van der Waals surface area contributed by atoms with Crippen molar-refractivity contribution in [1.82, 2.24) is 25.5 Å². The number of nitrogens with zero attached hydrogens (tertiary/aromatic N) is 4. The van der Waals surface area contributed by atoms with E-state index < -0.39 is 0 Å². The van der Waals surface area contributed by atoms with Gasteiger partial charge in [0.25, 0.3) is 0 Å². The molecule has 128 valence electrons. The lowest BCUT2D eigenvalue weighted by Crippen LogP contribution is -2.31. The number of hydrogen-bond acceptors (Lipinski definition) is 4. The smallest absolute Gasteiger partial charge is 0.243 e. The maximum Gasteiger partial charge on any atom is 0.243 e. The molecule has 2 aromatic carbocycles. The fourth-order valence-corrected chi connectivity index (χ4v) is 2.40. The lowest BCUT2D eigenvalue weighted by Gasteiger charge is -2.12. The summed E-state index contributed by atoms with van der Waals surface area (Å²) in [6, 6.07) is 15.9. The summed E-state index contributed by atoms with van der Waals surface area (Å²) in [7, 11) is 0. The number of benzene rings is 2. The van der Waals surface area contributed by atoms with Crippen molar-refractivity contribution in [3.8, 4) is 11.4 Å². The Morgan fingerprint density at radius 3 is 2.76 bits per heavy atom. The molecule has 0 aliphatic carbocycles. The lowest BCUT2D eigenvalue weighted by molar-refractivity contribution is -0.122. The van der Waals surface area contributed by atoms with Crippen LogP contribution in [0.5, 0.6) is 0 Å². The standard InChI is InChI=1S/C18H18FN5O/c1-13(14-6-3-2-4-7-14)11-20-17(25)12-24-22-18(21-23-24)15-8-5-9-16(19)10-15/h2-10,13H,11-12H2,1H3,(H,20,25)/t13-/m1/s1. The van der Waals surface area contributed by atoms with Gasteiger partial charge >= 0.3 is 0 Å². The molecule has 0 fully saturated rings. The number of carbonyl (C=O) groups is 1. The second-order valence-electron chi connectivity index (χ2n) is 5.77. The zero-order valence-electron chi connectivity index (χ0n) is 13.8. The highest BCUT2D eigenvalue weighted by Gasteiger charge is 2.11. The van der Waals surface area contributed by atoms with Gasteiger partial charge in [-0.2, -0.15) is 4.80 Å². The molecule has 0 unspecified atom stereocenters. The molecule has 6 nitrogen and oxygen atoms in total. The highest BCUT2D eigenvalue weighted by atomic mass is 19.1. The van der Waals surface area contributed by atoms with E-state index in [2.05, 4.69) is 20.7 Å². The summed E-state index contributed by atoms with van der Waals surface area (Å²) >= 11 is 0. The molecule has 1 heterocycles. The number of tetrazole rings is 1. The Morgan fingerprint density at radius 2 is 2.00 bits per heavy atom. The number of hydrogen-bond donors (Lipinski definition) is 1. The topological polar surface area (TPSA) is 72.7 Å². The summed E-state index contributed by atoms with van der Waals surface area (Å²) in [5, 5.41) is 14.7. The van der Waals surface area contributed by atoms with Crippen molar-refractivity contribution in [1.29, 1.82) is 0 Å². The summed E-state index contributed by atoms with van der Waals surface area (Å²) < 4.78 is 13.2. The Kier molecular flexibility index (Phi) is 5.13. The first-order valence-corrected chi connectivity index (χ1v) is 7.97. The van der Waals surface area contributed by atoms with E-state index in [1.54, 1.807) is 12.1 Å². The Morgan fingerprint density at radius 1 is 1.20 bits per heavy atom. The number of aromatic nitrogens is 4. The van der Waals surface area contributed by atoms with Crippen LogP contribution in [-0.4, -0.2) is 32.7 Å². The SMILES string of the molecule is C[C@H](CNC(=O)Cn1nnc(-c2cccc(F)c2)n1)c1ccccc1. The van der Waals surface area contributed by atoms with Crippen LogP contribution in [0.2, 0.25) is 0 Å². The Bertz CT molecular complexity index is 849. The zero-order chi connectivity index (χ0) is 17.6. The predicted molar refractivity (Wildman–Crippen MR) is 91.1 cm³/mol. The molecule has 0 radical (unpaired) electrons. The average molecular weight is 339 g/mol. The number of nitrogens with one attached hydrogen (secondary N) is 1.